The number of rotatable bonds is 2. The van der Waals surface area contributed by atoms with Gasteiger partial charge in [0.1, 0.15) is 0 Å². The van der Waals surface area contributed by atoms with Gasteiger partial charge >= 0.3 is 6.18 Å². The van der Waals surface area contributed by atoms with Gasteiger partial charge in [0.05, 0.1) is 21.2 Å². The monoisotopic (exact) mass is 427 g/mol. The Labute approximate surface area is 165 Å². The molecular formula is C18H9ClF3NO4S. The topological polar surface area (TPSA) is 55.8 Å². The third-order valence-corrected chi connectivity index (χ3v) is 5.20. The van der Waals surface area contributed by atoms with Crippen molar-refractivity contribution in [3.63, 3.8) is 0 Å². The molecule has 0 unspecified atom stereocenters. The number of hydrogen-bond acceptors (Lipinski definition) is 5. The van der Waals surface area contributed by atoms with E-state index in [-0.39, 0.29) is 17.4 Å². The maximum absolute atomic E-state index is 13.1. The van der Waals surface area contributed by atoms with E-state index in [1.165, 1.54) is 12.1 Å². The number of carbonyl (C=O) groups is 2. The molecule has 0 bridgehead atoms. The second kappa shape index (κ2) is 6.75. The van der Waals surface area contributed by atoms with Crippen LogP contribution in [0.25, 0.3) is 6.08 Å². The van der Waals surface area contributed by atoms with Gasteiger partial charge in [0, 0.05) is 0 Å². The Kier molecular flexibility index (Phi) is 4.51. The number of nitrogens with zero attached hydrogens (tertiary/aromatic N) is 1. The lowest BCUT2D eigenvalue weighted by atomic mass is 10.1. The number of halogens is 4. The van der Waals surface area contributed by atoms with E-state index in [1.807, 2.05) is 0 Å². The highest BCUT2D eigenvalue weighted by Crippen LogP contribution is 2.41. The summed E-state index contributed by atoms with van der Waals surface area (Å²) in [6, 6.07) is 7.85. The van der Waals surface area contributed by atoms with E-state index in [0.717, 1.165) is 6.07 Å². The fourth-order valence-electron chi connectivity index (χ4n) is 2.71. The molecule has 144 valence electrons. The highest BCUT2D eigenvalue weighted by molar-refractivity contribution is 8.19. The van der Waals surface area contributed by atoms with E-state index in [4.69, 9.17) is 21.1 Å². The first kappa shape index (κ1) is 18.7. The lowest BCUT2D eigenvalue weighted by Crippen LogP contribution is -2.28. The Morgan fingerprint density at radius 1 is 1.07 bits per heavy atom. The molecule has 0 spiro atoms. The van der Waals surface area contributed by atoms with Crippen molar-refractivity contribution in [2.75, 3.05) is 11.7 Å². The molecule has 2 aliphatic heterocycles. The summed E-state index contributed by atoms with van der Waals surface area (Å²) in [5.74, 6) is 0.342. The van der Waals surface area contributed by atoms with Crippen molar-refractivity contribution >= 4 is 46.3 Å². The Balaban J connectivity index is 1.66. The molecule has 1 fully saturated rings. The molecule has 2 heterocycles. The lowest BCUT2D eigenvalue weighted by Gasteiger charge is -2.16. The second-order valence-electron chi connectivity index (χ2n) is 5.79. The number of alkyl halides is 3. The Morgan fingerprint density at radius 3 is 2.57 bits per heavy atom. The molecule has 28 heavy (non-hydrogen) atoms. The smallest absolute Gasteiger partial charge is 0.417 e. The average Bonchev–Trinajstić information content (AvgIpc) is 3.19. The molecule has 0 radical (unpaired) electrons. The van der Waals surface area contributed by atoms with Crippen LogP contribution >= 0.6 is 23.4 Å². The predicted octanol–water partition coefficient (Wildman–Crippen LogP) is 5.33. The van der Waals surface area contributed by atoms with Gasteiger partial charge in [0.25, 0.3) is 11.1 Å². The van der Waals surface area contributed by atoms with Crippen molar-refractivity contribution in [3.05, 3.63) is 57.5 Å². The summed E-state index contributed by atoms with van der Waals surface area (Å²) in [6.07, 6.45) is -3.25. The van der Waals surface area contributed by atoms with Gasteiger partial charge in [-0.05, 0) is 53.7 Å². The lowest BCUT2D eigenvalue weighted by molar-refractivity contribution is -0.137. The summed E-state index contributed by atoms with van der Waals surface area (Å²) in [5.41, 5.74) is -0.736. The minimum Gasteiger partial charge on any atom is -0.454 e. The summed E-state index contributed by atoms with van der Waals surface area (Å²) < 4.78 is 49.7. The van der Waals surface area contributed by atoms with E-state index in [0.29, 0.717) is 39.8 Å². The number of benzene rings is 2. The van der Waals surface area contributed by atoms with Crippen LogP contribution in [0, 0.1) is 0 Å². The van der Waals surface area contributed by atoms with Crippen LogP contribution in [0.4, 0.5) is 23.7 Å². The molecule has 0 atom stereocenters. The number of carbonyl (C=O) groups excluding carboxylic acids is 2. The fraction of sp³-hybridized carbons (Fsp3) is 0.111. The normalized spacial score (nSPS) is 17.7. The quantitative estimate of drug-likeness (QED) is 0.606. The van der Waals surface area contributed by atoms with Crippen LogP contribution in [-0.2, 0) is 11.0 Å². The third-order valence-electron chi connectivity index (χ3n) is 4.00. The van der Waals surface area contributed by atoms with Gasteiger partial charge < -0.3 is 9.47 Å². The van der Waals surface area contributed by atoms with Gasteiger partial charge in [0.15, 0.2) is 11.5 Å². The molecule has 1 saturated heterocycles. The van der Waals surface area contributed by atoms with Crippen molar-refractivity contribution < 1.29 is 32.2 Å². The molecule has 2 aromatic carbocycles. The van der Waals surface area contributed by atoms with Crippen molar-refractivity contribution in [3.8, 4) is 11.5 Å². The van der Waals surface area contributed by atoms with Gasteiger partial charge in [-0.1, -0.05) is 17.7 Å². The Hall–Kier alpha value is -2.65. The number of hydrogen-bond donors (Lipinski definition) is 0. The zero-order chi connectivity index (χ0) is 20.1. The summed E-state index contributed by atoms with van der Waals surface area (Å²) in [6.45, 7) is 0.0907. The van der Waals surface area contributed by atoms with Crippen LogP contribution in [0.1, 0.15) is 11.1 Å². The Morgan fingerprint density at radius 2 is 1.82 bits per heavy atom. The SMILES string of the molecule is O=C1S/C(=C\c2ccc3c(c2)OCO3)C(=O)N1c1ccc(Cl)c(C(F)(F)F)c1. The van der Waals surface area contributed by atoms with Crippen LogP contribution in [0.5, 0.6) is 11.5 Å². The number of amides is 2. The standard InChI is InChI=1S/C18H9ClF3NO4S/c19-12-3-2-10(7-11(12)18(20,21)22)23-16(24)15(28-17(23)25)6-9-1-4-13-14(5-9)27-8-26-13/h1-7H,8H2/b15-6-. The third kappa shape index (κ3) is 3.31. The molecule has 0 N–H and O–H groups in total. The van der Waals surface area contributed by atoms with E-state index in [1.54, 1.807) is 18.2 Å². The summed E-state index contributed by atoms with van der Waals surface area (Å²) in [5, 5.41) is -1.22. The first-order valence-corrected chi connectivity index (χ1v) is 8.98. The molecule has 0 aromatic heterocycles. The summed E-state index contributed by atoms with van der Waals surface area (Å²) >= 11 is 6.23. The van der Waals surface area contributed by atoms with Gasteiger partial charge in [-0.2, -0.15) is 13.2 Å². The zero-order valence-electron chi connectivity index (χ0n) is 13.7. The molecular weight excluding hydrogens is 419 g/mol. The Bertz CT molecular complexity index is 1040. The number of imide groups is 1. The highest BCUT2D eigenvalue weighted by atomic mass is 35.5. The fourth-order valence-corrected chi connectivity index (χ4v) is 3.78. The largest absolute Gasteiger partial charge is 0.454 e. The zero-order valence-corrected chi connectivity index (χ0v) is 15.3. The molecule has 4 rings (SSSR count). The van der Waals surface area contributed by atoms with E-state index >= 15 is 0 Å². The van der Waals surface area contributed by atoms with Crippen molar-refractivity contribution in [2.45, 2.75) is 6.18 Å². The van der Waals surface area contributed by atoms with E-state index in [2.05, 4.69) is 0 Å². The maximum atomic E-state index is 13.1. The minimum atomic E-state index is -4.71. The number of thioether (sulfide) groups is 1. The molecule has 5 nitrogen and oxygen atoms in total. The van der Waals surface area contributed by atoms with Crippen LogP contribution < -0.4 is 14.4 Å². The van der Waals surface area contributed by atoms with Crippen LogP contribution in [-0.4, -0.2) is 17.9 Å². The van der Waals surface area contributed by atoms with Crippen LogP contribution in [0.15, 0.2) is 41.3 Å². The van der Waals surface area contributed by atoms with E-state index < -0.39 is 27.9 Å². The van der Waals surface area contributed by atoms with Gasteiger partial charge in [-0.3, -0.25) is 9.59 Å². The number of anilines is 1. The van der Waals surface area contributed by atoms with Crippen molar-refractivity contribution in [1.29, 1.82) is 0 Å². The highest BCUT2D eigenvalue weighted by Gasteiger charge is 2.39. The second-order valence-corrected chi connectivity index (χ2v) is 7.19. The first-order chi connectivity index (χ1) is 13.2. The first-order valence-electron chi connectivity index (χ1n) is 7.78. The predicted molar refractivity (Wildman–Crippen MR) is 97.5 cm³/mol. The van der Waals surface area contributed by atoms with Gasteiger partial charge in [0.2, 0.25) is 6.79 Å². The minimum absolute atomic E-state index is 0.0763. The molecule has 10 heteroatoms. The van der Waals surface area contributed by atoms with Crippen LogP contribution in [0.3, 0.4) is 0 Å². The molecule has 2 amide bonds. The van der Waals surface area contributed by atoms with Gasteiger partial charge in [-0.15, -0.1) is 0 Å². The summed E-state index contributed by atoms with van der Waals surface area (Å²) in [4.78, 5) is 25.7. The molecule has 0 aliphatic carbocycles. The van der Waals surface area contributed by atoms with Crippen LogP contribution in [0.2, 0.25) is 5.02 Å². The molecule has 0 saturated carbocycles. The number of ether oxygens (including phenoxy) is 2. The van der Waals surface area contributed by atoms with Crippen molar-refractivity contribution in [2.24, 2.45) is 0 Å². The molecule has 2 aromatic rings. The molecule has 2 aliphatic rings. The van der Waals surface area contributed by atoms with E-state index in [9.17, 15) is 22.8 Å². The summed E-state index contributed by atoms with van der Waals surface area (Å²) in [7, 11) is 0. The van der Waals surface area contributed by atoms with Gasteiger partial charge in [-0.25, -0.2) is 4.90 Å². The maximum Gasteiger partial charge on any atom is 0.417 e. The number of fused-ring (bicyclic) bond motifs is 1. The van der Waals surface area contributed by atoms with Crippen molar-refractivity contribution in [1.82, 2.24) is 0 Å². The average molecular weight is 428 g/mol.